The molecule has 2 aromatic rings. The monoisotopic (exact) mass is 386 g/mol. The van der Waals surface area contributed by atoms with Crippen LogP contribution in [0.25, 0.3) is 5.69 Å². The number of halogens is 1. The molecule has 142 valence electrons. The van der Waals surface area contributed by atoms with Crippen LogP contribution in [0.2, 0.25) is 5.15 Å². The van der Waals surface area contributed by atoms with Crippen LogP contribution in [0, 0.1) is 12.8 Å². The Balaban J connectivity index is 1.64. The lowest BCUT2D eigenvalue weighted by molar-refractivity contribution is -0.134. The van der Waals surface area contributed by atoms with Crippen molar-refractivity contribution in [1.29, 1.82) is 0 Å². The summed E-state index contributed by atoms with van der Waals surface area (Å²) in [4.78, 5) is 27.1. The van der Waals surface area contributed by atoms with E-state index in [1.165, 1.54) is 4.90 Å². The van der Waals surface area contributed by atoms with Crippen LogP contribution in [-0.4, -0.2) is 32.2 Å². The fourth-order valence-electron chi connectivity index (χ4n) is 4.25. The number of rotatable bonds is 3. The molecule has 1 aliphatic carbocycles. The number of nitrogens with zero attached hydrogens (tertiary/aromatic N) is 3. The predicted molar refractivity (Wildman–Crippen MR) is 103 cm³/mol. The summed E-state index contributed by atoms with van der Waals surface area (Å²) in [5.74, 6) is -0.000983. The Morgan fingerprint density at radius 2 is 2.00 bits per heavy atom. The minimum Gasteiger partial charge on any atom is -0.323 e. The average molecular weight is 387 g/mol. The van der Waals surface area contributed by atoms with Gasteiger partial charge in [0.25, 0.3) is 5.91 Å². The second-order valence-corrected chi connectivity index (χ2v) is 7.90. The van der Waals surface area contributed by atoms with Crippen molar-refractivity contribution >= 4 is 23.5 Å². The zero-order valence-corrected chi connectivity index (χ0v) is 16.3. The molecule has 1 spiro atoms. The lowest BCUT2D eigenvalue weighted by atomic mass is 9.73. The standard InChI is InChI=1S/C20H23ClN4O2/c1-13-8-6-7-11-20(13)18(26)24(19(27)22-20)12-16-14(2)23-25(17(16)21)15-9-4-3-5-10-15/h3-5,9-10,13H,6-8,11-12H2,1-2H3,(H,22,27). The first-order valence-corrected chi connectivity index (χ1v) is 9.75. The molecular weight excluding hydrogens is 364 g/mol. The summed E-state index contributed by atoms with van der Waals surface area (Å²) in [6.07, 6.45) is 3.70. The van der Waals surface area contributed by atoms with Crippen LogP contribution in [0.15, 0.2) is 30.3 Å². The summed E-state index contributed by atoms with van der Waals surface area (Å²) in [6.45, 7) is 4.03. The zero-order chi connectivity index (χ0) is 19.2. The summed E-state index contributed by atoms with van der Waals surface area (Å²) >= 11 is 6.57. The number of carbonyl (C=O) groups excluding carboxylic acids is 2. The second kappa shape index (κ2) is 6.68. The molecular formula is C20H23ClN4O2. The molecule has 3 amide bonds. The van der Waals surface area contributed by atoms with Crippen LogP contribution in [0.1, 0.15) is 43.9 Å². The Kier molecular flexibility index (Phi) is 4.46. The van der Waals surface area contributed by atoms with E-state index in [1.54, 1.807) is 4.68 Å². The lowest BCUT2D eigenvalue weighted by Crippen LogP contribution is -2.53. The highest BCUT2D eigenvalue weighted by atomic mass is 35.5. The van der Waals surface area contributed by atoms with Gasteiger partial charge in [0, 0.05) is 5.56 Å². The van der Waals surface area contributed by atoms with Gasteiger partial charge in [0.1, 0.15) is 10.7 Å². The number of benzene rings is 1. The molecule has 2 fully saturated rings. The molecule has 1 saturated carbocycles. The Bertz CT molecular complexity index is 895. The topological polar surface area (TPSA) is 67.2 Å². The van der Waals surface area contributed by atoms with Gasteiger partial charge in [-0.15, -0.1) is 0 Å². The van der Waals surface area contributed by atoms with Gasteiger partial charge < -0.3 is 5.32 Å². The zero-order valence-electron chi connectivity index (χ0n) is 15.5. The summed E-state index contributed by atoms with van der Waals surface area (Å²) in [6, 6.07) is 9.23. The van der Waals surface area contributed by atoms with Gasteiger partial charge in [-0.3, -0.25) is 9.69 Å². The third-order valence-corrected chi connectivity index (χ3v) is 6.33. The second-order valence-electron chi connectivity index (χ2n) is 7.54. The van der Waals surface area contributed by atoms with E-state index in [0.717, 1.165) is 24.9 Å². The van der Waals surface area contributed by atoms with Gasteiger partial charge in [-0.2, -0.15) is 5.10 Å². The maximum absolute atomic E-state index is 13.2. The molecule has 27 heavy (non-hydrogen) atoms. The number of hydrogen-bond acceptors (Lipinski definition) is 3. The summed E-state index contributed by atoms with van der Waals surface area (Å²) < 4.78 is 1.64. The molecule has 0 bridgehead atoms. The van der Waals surface area contributed by atoms with Crippen molar-refractivity contribution in [2.75, 3.05) is 0 Å². The lowest BCUT2D eigenvalue weighted by Gasteiger charge is -2.36. The molecule has 6 nitrogen and oxygen atoms in total. The van der Waals surface area contributed by atoms with Crippen LogP contribution in [0.3, 0.4) is 0 Å². The number of carbonyl (C=O) groups is 2. The van der Waals surface area contributed by atoms with Gasteiger partial charge in [-0.1, -0.05) is 49.6 Å². The highest BCUT2D eigenvalue weighted by Crippen LogP contribution is 2.39. The predicted octanol–water partition coefficient (Wildman–Crippen LogP) is 3.83. The van der Waals surface area contributed by atoms with Gasteiger partial charge in [0.05, 0.1) is 17.9 Å². The van der Waals surface area contributed by atoms with Gasteiger partial charge in [0.2, 0.25) is 0 Å². The van der Waals surface area contributed by atoms with E-state index in [0.29, 0.717) is 22.8 Å². The first-order chi connectivity index (χ1) is 12.9. The van der Waals surface area contributed by atoms with Crippen LogP contribution < -0.4 is 5.32 Å². The number of para-hydroxylation sites is 1. The number of imide groups is 1. The molecule has 1 aromatic carbocycles. The van der Waals surface area contributed by atoms with Gasteiger partial charge in [-0.25, -0.2) is 9.48 Å². The van der Waals surface area contributed by atoms with Gasteiger partial charge in [0.15, 0.2) is 0 Å². The van der Waals surface area contributed by atoms with Crippen molar-refractivity contribution in [3.05, 3.63) is 46.7 Å². The Morgan fingerprint density at radius 3 is 2.70 bits per heavy atom. The molecule has 2 heterocycles. The van der Waals surface area contributed by atoms with Crippen molar-refractivity contribution < 1.29 is 9.59 Å². The number of hydrogen-bond donors (Lipinski definition) is 1. The number of urea groups is 1. The number of aryl methyl sites for hydroxylation is 1. The molecule has 1 aromatic heterocycles. The summed E-state index contributed by atoms with van der Waals surface area (Å²) in [5, 5.41) is 7.92. The van der Waals surface area contributed by atoms with Crippen molar-refractivity contribution in [2.45, 2.75) is 51.6 Å². The summed E-state index contributed by atoms with van der Waals surface area (Å²) in [7, 11) is 0. The van der Waals surface area contributed by atoms with Crippen LogP contribution in [0.4, 0.5) is 4.79 Å². The Labute approximate surface area is 163 Å². The molecule has 4 rings (SSSR count). The maximum atomic E-state index is 13.2. The molecule has 2 atom stereocenters. The van der Waals surface area contributed by atoms with Crippen LogP contribution >= 0.6 is 11.6 Å². The highest BCUT2D eigenvalue weighted by Gasteiger charge is 2.54. The summed E-state index contributed by atoms with van der Waals surface area (Å²) in [5.41, 5.74) is 1.49. The molecule has 0 radical (unpaired) electrons. The first-order valence-electron chi connectivity index (χ1n) is 9.37. The van der Waals surface area contributed by atoms with Crippen molar-refractivity contribution in [2.24, 2.45) is 5.92 Å². The number of amides is 3. The van der Waals surface area contributed by atoms with Crippen LogP contribution in [0.5, 0.6) is 0 Å². The molecule has 1 N–H and O–H groups in total. The van der Waals surface area contributed by atoms with E-state index in [2.05, 4.69) is 10.4 Å². The largest absolute Gasteiger partial charge is 0.325 e. The average Bonchev–Trinajstić information content (AvgIpc) is 3.08. The first kappa shape index (κ1) is 18.0. The van der Waals surface area contributed by atoms with E-state index in [4.69, 9.17) is 11.6 Å². The van der Waals surface area contributed by atoms with E-state index in [-0.39, 0.29) is 24.4 Å². The Morgan fingerprint density at radius 1 is 1.26 bits per heavy atom. The molecule has 2 unspecified atom stereocenters. The van der Waals surface area contributed by atoms with Crippen molar-refractivity contribution in [1.82, 2.24) is 20.0 Å². The fourth-order valence-corrected chi connectivity index (χ4v) is 4.58. The Hall–Kier alpha value is -2.34. The van der Waals surface area contributed by atoms with Crippen molar-refractivity contribution in [3.63, 3.8) is 0 Å². The quantitative estimate of drug-likeness (QED) is 0.815. The van der Waals surface area contributed by atoms with E-state index in [1.807, 2.05) is 44.2 Å². The fraction of sp³-hybridized carbons (Fsp3) is 0.450. The highest BCUT2D eigenvalue weighted by molar-refractivity contribution is 6.30. The maximum Gasteiger partial charge on any atom is 0.325 e. The third kappa shape index (κ3) is 2.83. The molecule has 7 heteroatoms. The number of nitrogens with one attached hydrogen (secondary N) is 1. The molecule has 1 saturated heterocycles. The minimum absolute atomic E-state index is 0.135. The smallest absolute Gasteiger partial charge is 0.323 e. The normalized spacial score (nSPS) is 25.3. The van der Waals surface area contributed by atoms with E-state index in [9.17, 15) is 9.59 Å². The van der Waals surface area contributed by atoms with Gasteiger partial charge >= 0.3 is 6.03 Å². The molecule has 1 aliphatic heterocycles. The number of aromatic nitrogens is 2. The van der Waals surface area contributed by atoms with Crippen molar-refractivity contribution in [3.8, 4) is 5.69 Å². The molecule has 2 aliphatic rings. The van der Waals surface area contributed by atoms with Gasteiger partial charge in [-0.05, 0) is 37.8 Å². The minimum atomic E-state index is -0.759. The van der Waals surface area contributed by atoms with E-state index >= 15 is 0 Å². The van der Waals surface area contributed by atoms with E-state index < -0.39 is 5.54 Å². The van der Waals surface area contributed by atoms with Crippen LogP contribution in [-0.2, 0) is 11.3 Å². The third-order valence-electron chi connectivity index (χ3n) is 5.94. The SMILES string of the molecule is Cc1nn(-c2ccccc2)c(Cl)c1CN1C(=O)NC2(CCCCC2C)C1=O.